The van der Waals surface area contributed by atoms with Crippen LogP contribution in [0.3, 0.4) is 0 Å². The average Bonchev–Trinajstić information content (AvgIpc) is 3.63. The molecule has 0 aliphatic carbocycles. The number of aliphatic hydroxyl groups excluding tert-OH is 1. The van der Waals surface area contributed by atoms with Crippen LogP contribution in [0.1, 0.15) is 78.9 Å². The SMILES string of the molecule is CC(C)C(NC(=O)CN1C(=O)C(N2C(=O)C=CC2=O)CC1COCCS(=O)(=O)O)C(=O)NCC(=O)Nc1ccc(COC(=O)C(C)(C)C)c(CCCOC(C)(C)CCO)c1. The molecule has 19 nitrogen and oxygen atoms in total. The minimum Gasteiger partial charge on any atom is -0.460 e. The number of hydrogen-bond acceptors (Lipinski definition) is 13. The fraction of sp³-hybridized carbons (Fsp3) is 0.625. The number of rotatable bonds is 23. The Hall–Kier alpha value is -4.76. The first-order valence-corrected chi connectivity index (χ1v) is 21.3. The number of esters is 1. The minimum atomic E-state index is -4.34. The van der Waals surface area contributed by atoms with Crippen LogP contribution in [0, 0.1) is 11.3 Å². The van der Waals surface area contributed by atoms with Crippen LogP contribution in [0.15, 0.2) is 30.4 Å². The molecular formula is C40H59N5O14S. The van der Waals surface area contributed by atoms with E-state index in [-0.39, 0.29) is 32.2 Å². The fourth-order valence-corrected chi connectivity index (χ4v) is 6.65. The summed E-state index contributed by atoms with van der Waals surface area (Å²) in [4.78, 5) is 92.3. The van der Waals surface area contributed by atoms with E-state index in [1.165, 1.54) is 0 Å². The van der Waals surface area contributed by atoms with Crippen LogP contribution in [0.4, 0.5) is 5.69 Å². The Morgan fingerprint density at radius 2 is 1.63 bits per heavy atom. The summed E-state index contributed by atoms with van der Waals surface area (Å²) in [5.74, 6) is -5.78. The molecule has 2 heterocycles. The van der Waals surface area contributed by atoms with E-state index >= 15 is 0 Å². The zero-order chi connectivity index (χ0) is 45.0. The van der Waals surface area contributed by atoms with Crippen molar-refractivity contribution >= 4 is 57.2 Å². The molecule has 334 valence electrons. The lowest BCUT2D eigenvalue weighted by Crippen LogP contribution is -2.54. The quantitative estimate of drug-likeness (QED) is 0.0443. The number of amides is 6. The van der Waals surface area contributed by atoms with Gasteiger partial charge in [-0.3, -0.25) is 43.0 Å². The summed E-state index contributed by atoms with van der Waals surface area (Å²) in [7, 11) is -4.34. The molecule has 0 bridgehead atoms. The normalized spacial score (nSPS) is 17.7. The molecule has 1 aromatic carbocycles. The van der Waals surface area contributed by atoms with E-state index in [1.54, 1.807) is 52.8 Å². The fourth-order valence-electron chi connectivity index (χ4n) is 6.32. The molecule has 60 heavy (non-hydrogen) atoms. The lowest BCUT2D eigenvalue weighted by Gasteiger charge is -2.27. The zero-order valence-electron chi connectivity index (χ0n) is 35.3. The van der Waals surface area contributed by atoms with Crippen LogP contribution in [0.25, 0.3) is 0 Å². The number of nitrogens with zero attached hydrogens (tertiary/aromatic N) is 2. The number of aryl methyl sites for hydroxylation is 1. The second-order valence-electron chi connectivity index (χ2n) is 16.7. The maximum absolute atomic E-state index is 13.5. The van der Waals surface area contributed by atoms with Gasteiger partial charge in [-0.05, 0) is 83.1 Å². The molecule has 0 aromatic heterocycles. The van der Waals surface area contributed by atoms with Gasteiger partial charge >= 0.3 is 5.97 Å². The first-order chi connectivity index (χ1) is 27.9. The van der Waals surface area contributed by atoms with E-state index in [1.807, 2.05) is 13.8 Å². The van der Waals surface area contributed by atoms with Crippen LogP contribution in [0.5, 0.6) is 0 Å². The first kappa shape index (κ1) is 49.6. The van der Waals surface area contributed by atoms with Crippen LogP contribution < -0.4 is 16.0 Å². The van der Waals surface area contributed by atoms with Crippen molar-refractivity contribution in [3.05, 3.63) is 41.5 Å². The third kappa shape index (κ3) is 15.4. The van der Waals surface area contributed by atoms with Crippen molar-refractivity contribution in [3.8, 4) is 0 Å². The van der Waals surface area contributed by atoms with Crippen molar-refractivity contribution in [1.82, 2.24) is 20.4 Å². The molecular weight excluding hydrogens is 807 g/mol. The van der Waals surface area contributed by atoms with E-state index in [2.05, 4.69) is 16.0 Å². The van der Waals surface area contributed by atoms with E-state index in [0.717, 1.165) is 33.1 Å². The summed E-state index contributed by atoms with van der Waals surface area (Å²) in [5.41, 5.74) is 0.742. The van der Waals surface area contributed by atoms with Gasteiger partial charge in [0.1, 0.15) is 18.7 Å². The standard InChI is InChI=1S/C40H59N5O14S/c1-25(2)35(43-32(48)22-44-29(24-57-17-18-60(54,55)56)20-30(37(44)52)45-33(49)12-13-34(45)50)36(51)41-21-31(47)42-28-11-10-27(23-58-38(53)39(3,4)5)26(19-28)9-8-16-59-40(6,7)14-15-46/h10-13,19,25,29-30,35,46H,8-9,14-18,20-24H2,1-7H3,(H,41,51)(H,42,47)(H,43,48)(H,54,55,56). The number of carbonyl (C=O) groups excluding carboxylic acids is 7. The van der Waals surface area contributed by atoms with E-state index in [4.69, 9.17) is 18.8 Å². The molecule has 1 aromatic rings. The van der Waals surface area contributed by atoms with Gasteiger partial charge in [-0.2, -0.15) is 8.42 Å². The van der Waals surface area contributed by atoms with Crippen molar-refractivity contribution in [3.63, 3.8) is 0 Å². The minimum absolute atomic E-state index is 0.0103. The molecule has 0 spiro atoms. The molecule has 0 radical (unpaired) electrons. The highest BCUT2D eigenvalue weighted by atomic mass is 32.2. The Bertz CT molecular complexity index is 1870. The number of nitrogens with one attached hydrogen (secondary N) is 3. The Morgan fingerprint density at radius 1 is 0.967 bits per heavy atom. The lowest BCUT2D eigenvalue weighted by atomic mass is 9.97. The van der Waals surface area contributed by atoms with Crippen molar-refractivity contribution in [2.75, 3.05) is 50.6 Å². The molecule has 20 heteroatoms. The molecule has 3 rings (SSSR count). The first-order valence-electron chi connectivity index (χ1n) is 19.7. The lowest BCUT2D eigenvalue weighted by molar-refractivity contribution is -0.154. The summed E-state index contributed by atoms with van der Waals surface area (Å²) in [6.07, 6.45) is 3.49. The van der Waals surface area contributed by atoms with Gasteiger partial charge in [0.15, 0.2) is 0 Å². The molecule has 2 aliphatic rings. The Balaban J connectivity index is 1.64. The number of hydrogen-bond donors (Lipinski definition) is 5. The van der Waals surface area contributed by atoms with E-state index < -0.39 is 106 Å². The number of imide groups is 1. The van der Waals surface area contributed by atoms with Crippen LogP contribution in [0.2, 0.25) is 0 Å². The average molecular weight is 866 g/mol. The maximum atomic E-state index is 13.5. The highest BCUT2D eigenvalue weighted by Crippen LogP contribution is 2.27. The zero-order valence-corrected chi connectivity index (χ0v) is 36.1. The molecule has 0 saturated carbocycles. The van der Waals surface area contributed by atoms with Gasteiger partial charge in [0.2, 0.25) is 23.6 Å². The van der Waals surface area contributed by atoms with Gasteiger partial charge in [-0.25, -0.2) is 0 Å². The van der Waals surface area contributed by atoms with Gasteiger partial charge in [0.05, 0.1) is 49.1 Å². The highest BCUT2D eigenvalue weighted by molar-refractivity contribution is 7.85. The van der Waals surface area contributed by atoms with Crippen molar-refractivity contribution in [2.24, 2.45) is 11.3 Å². The monoisotopic (exact) mass is 865 g/mol. The Morgan fingerprint density at radius 3 is 2.23 bits per heavy atom. The van der Waals surface area contributed by atoms with Gasteiger partial charge in [-0.1, -0.05) is 19.9 Å². The molecule has 6 amide bonds. The predicted octanol–water partition coefficient (Wildman–Crippen LogP) is 0.881. The number of likely N-dealkylation sites (tertiary alicyclic amines) is 1. The van der Waals surface area contributed by atoms with Crippen molar-refractivity contribution < 1.29 is 65.8 Å². The van der Waals surface area contributed by atoms with Gasteiger partial charge in [0.25, 0.3) is 21.9 Å². The molecule has 3 unspecified atom stereocenters. The number of carbonyl (C=O) groups is 7. The molecule has 5 N–H and O–H groups in total. The number of benzene rings is 1. The highest BCUT2D eigenvalue weighted by Gasteiger charge is 2.47. The maximum Gasteiger partial charge on any atom is 0.311 e. The second-order valence-corrected chi connectivity index (χ2v) is 18.2. The third-order valence-electron chi connectivity index (χ3n) is 9.72. The summed E-state index contributed by atoms with van der Waals surface area (Å²) >= 11 is 0. The van der Waals surface area contributed by atoms with Crippen molar-refractivity contribution in [2.45, 2.75) is 104 Å². The smallest absolute Gasteiger partial charge is 0.311 e. The largest absolute Gasteiger partial charge is 0.460 e. The topological polar surface area (TPSA) is 264 Å². The summed E-state index contributed by atoms with van der Waals surface area (Å²) in [6, 6.07) is 1.84. The van der Waals surface area contributed by atoms with E-state index in [9.17, 15) is 47.1 Å². The summed E-state index contributed by atoms with van der Waals surface area (Å²) < 4.78 is 48.1. The third-order valence-corrected chi connectivity index (χ3v) is 10.4. The molecule has 3 atom stereocenters. The van der Waals surface area contributed by atoms with Gasteiger partial charge in [-0.15, -0.1) is 0 Å². The number of aliphatic hydroxyl groups is 1. The van der Waals surface area contributed by atoms with Gasteiger partial charge in [0, 0.05) is 37.5 Å². The molecule has 1 fully saturated rings. The van der Waals surface area contributed by atoms with Crippen LogP contribution in [-0.2, 0) is 70.9 Å². The molecule has 2 aliphatic heterocycles. The van der Waals surface area contributed by atoms with Crippen LogP contribution in [-0.4, -0.2) is 138 Å². The van der Waals surface area contributed by atoms with Crippen LogP contribution >= 0.6 is 0 Å². The second kappa shape index (κ2) is 21.7. The molecule has 1 saturated heterocycles. The summed E-state index contributed by atoms with van der Waals surface area (Å²) in [5, 5.41) is 17.2. The van der Waals surface area contributed by atoms with E-state index in [0.29, 0.717) is 31.6 Å². The predicted molar refractivity (Wildman–Crippen MR) is 216 cm³/mol. The summed E-state index contributed by atoms with van der Waals surface area (Å²) in [6.45, 7) is 11.0. The Labute approximate surface area is 350 Å². The number of anilines is 1. The van der Waals surface area contributed by atoms with Crippen molar-refractivity contribution in [1.29, 1.82) is 0 Å². The number of ether oxygens (including phenoxy) is 3. The van der Waals surface area contributed by atoms with Gasteiger partial charge < -0.3 is 40.2 Å². The Kier molecular flexibility index (Phi) is 17.9.